The van der Waals surface area contributed by atoms with E-state index in [1.54, 1.807) is 0 Å². The van der Waals surface area contributed by atoms with Crippen molar-refractivity contribution in [2.75, 3.05) is 0 Å². The molecular weight excluding hydrogens is 258 g/mol. The third kappa shape index (κ3) is 1.97. The van der Waals surface area contributed by atoms with Gasteiger partial charge < -0.3 is 0 Å². The highest BCUT2D eigenvalue weighted by molar-refractivity contribution is 7.90. The lowest BCUT2D eigenvalue weighted by atomic mass is 10.3. The van der Waals surface area contributed by atoms with Crippen molar-refractivity contribution in [2.45, 2.75) is 11.8 Å². The van der Waals surface area contributed by atoms with E-state index in [-0.39, 0.29) is 10.6 Å². The average Bonchev–Trinajstić information content (AvgIpc) is 2.76. The minimum Gasteiger partial charge on any atom is -0.258 e. The summed E-state index contributed by atoms with van der Waals surface area (Å²) in [5.74, 6) is 0.293. The standard InChI is InChI=1S/C10H9N3O4S/c1-8-11-5-6-12(8)18(16,17)10-4-2-3-9(7-10)13(14)15/h2-7H,1H3. The molecule has 1 heterocycles. The number of nitrogens with zero attached hydrogens (tertiary/aromatic N) is 3. The molecule has 1 aromatic heterocycles. The summed E-state index contributed by atoms with van der Waals surface area (Å²) in [6.45, 7) is 1.54. The zero-order valence-corrected chi connectivity index (χ0v) is 10.2. The molecule has 0 atom stereocenters. The fourth-order valence-electron chi connectivity index (χ4n) is 1.49. The highest BCUT2D eigenvalue weighted by atomic mass is 32.2. The molecule has 0 N–H and O–H groups in total. The van der Waals surface area contributed by atoms with Crippen LogP contribution in [0.5, 0.6) is 0 Å². The van der Waals surface area contributed by atoms with Crippen molar-refractivity contribution in [3.05, 3.63) is 52.6 Å². The molecule has 0 saturated heterocycles. The van der Waals surface area contributed by atoms with E-state index >= 15 is 0 Å². The molecule has 0 radical (unpaired) electrons. The largest absolute Gasteiger partial charge is 0.270 e. The van der Waals surface area contributed by atoms with Gasteiger partial charge in [0.25, 0.3) is 15.7 Å². The topological polar surface area (TPSA) is 95.1 Å². The van der Waals surface area contributed by atoms with Gasteiger partial charge in [-0.3, -0.25) is 10.1 Å². The van der Waals surface area contributed by atoms with Crippen molar-refractivity contribution in [2.24, 2.45) is 0 Å². The Balaban J connectivity index is 2.59. The lowest BCUT2D eigenvalue weighted by Crippen LogP contribution is -2.13. The van der Waals surface area contributed by atoms with Crippen LogP contribution in [0.25, 0.3) is 0 Å². The fourth-order valence-corrected chi connectivity index (χ4v) is 2.85. The van der Waals surface area contributed by atoms with Crippen molar-refractivity contribution >= 4 is 15.7 Å². The predicted molar refractivity (Wildman–Crippen MR) is 62.6 cm³/mol. The maximum Gasteiger partial charge on any atom is 0.270 e. The van der Waals surface area contributed by atoms with Crippen LogP contribution >= 0.6 is 0 Å². The summed E-state index contributed by atoms with van der Waals surface area (Å²) in [5, 5.41) is 10.6. The van der Waals surface area contributed by atoms with Crippen LogP contribution in [0.15, 0.2) is 41.6 Å². The van der Waals surface area contributed by atoms with Crippen molar-refractivity contribution < 1.29 is 13.3 Å². The van der Waals surface area contributed by atoms with E-state index < -0.39 is 14.9 Å². The van der Waals surface area contributed by atoms with Gasteiger partial charge in [-0.15, -0.1) is 0 Å². The molecule has 2 aromatic rings. The summed E-state index contributed by atoms with van der Waals surface area (Å²) in [6, 6.07) is 4.90. The Labute approximate surface area is 103 Å². The Morgan fingerprint density at radius 1 is 1.39 bits per heavy atom. The molecule has 94 valence electrons. The van der Waals surface area contributed by atoms with Crippen LogP contribution in [-0.2, 0) is 10.0 Å². The smallest absolute Gasteiger partial charge is 0.258 e. The van der Waals surface area contributed by atoms with E-state index in [4.69, 9.17) is 0 Å². The van der Waals surface area contributed by atoms with Crippen LogP contribution in [0.2, 0.25) is 0 Å². The van der Waals surface area contributed by atoms with Crippen LogP contribution in [0.1, 0.15) is 5.82 Å². The van der Waals surface area contributed by atoms with E-state index in [0.717, 1.165) is 10.0 Å². The molecule has 0 aliphatic rings. The van der Waals surface area contributed by atoms with E-state index in [1.165, 1.54) is 37.5 Å². The normalized spacial score (nSPS) is 11.4. The molecule has 0 unspecified atom stereocenters. The van der Waals surface area contributed by atoms with Gasteiger partial charge in [-0.1, -0.05) is 6.07 Å². The van der Waals surface area contributed by atoms with E-state index in [0.29, 0.717) is 5.82 Å². The number of nitro groups is 1. The first-order chi connectivity index (χ1) is 8.43. The van der Waals surface area contributed by atoms with Gasteiger partial charge in [-0.2, -0.15) is 0 Å². The molecule has 18 heavy (non-hydrogen) atoms. The monoisotopic (exact) mass is 267 g/mol. The second-order valence-corrected chi connectivity index (χ2v) is 5.34. The molecule has 1 aromatic carbocycles. The predicted octanol–water partition coefficient (Wildman–Crippen LogP) is 1.34. The molecule has 2 rings (SSSR count). The van der Waals surface area contributed by atoms with Crippen LogP contribution in [0.3, 0.4) is 0 Å². The molecule has 0 aliphatic heterocycles. The first kappa shape index (κ1) is 12.2. The first-order valence-corrected chi connectivity index (χ1v) is 6.37. The maximum atomic E-state index is 12.2. The van der Waals surface area contributed by atoms with Gasteiger partial charge in [0.2, 0.25) is 0 Å². The number of hydrogen-bond acceptors (Lipinski definition) is 5. The summed E-state index contributed by atoms with van der Waals surface area (Å²) in [6.07, 6.45) is 2.65. The van der Waals surface area contributed by atoms with Crippen molar-refractivity contribution in [1.29, 1.82) is 0 Å². The Hall–Kier alpha value is -2.22. The third-order valence-electron chi connectivity index (χ3n) is 2.37. The summed E-state index contributed by atoms with van der Waals surface area (Å²) in [7, 11) is -3.83. The Bertz CT molecular complexity index is 705. The van der Waals surface area contributed by atoms with Crippen LogP contribution in [0.4, 0.5) is 5.69 Å². The number of nitro benzene ring substituents is 1. The van der Waals surface area contributed by atoms with Gasteiger partial charge in [0.15, 0.2) is 0 Å². The van der Waals surface area contributed by atoms with Crippen molar-refractivity contribution in [3.8, 4) is 0 Å². The lowest BCUT2D eigenvalue weighted by molar-refractivity contribution is -0.385. The van der Waals surface area contributed by atoms with Crippen molar-refractivity contribution in [3.63, 3.8) is 0 Å². The van der Waals surface area contributed by atoms with Crippen LogP contribution < -0.4 is 0 Å². The number of aromatic nitrogens is 2. The van der Waals surface area contributed by atoms with Gasteiger partial charge >= 0.3 is 0 Å². The van der Waals surface area contributed by atoms with Gasteiger partial charge in [0, 0.05) is 24.5 Å². The van der Waals surface area contributed by atoms with Gasteiger partial charge in [-0.05, 0) is 13.0 Å². The van der Waals surface area contributed by atoms with E-state index in [9.17, 15) is 18.5 Å². The Morgan fingerprint density at radius 3 is 2.67 bits per heavy atom. The summed E-state index contributed by atoms with van der Waals surface area (Å²) < 4.78 is 25.4. The molecular formula is C10H9N3O4S. The number of non-ortho nitro benzene ring substituents is 1. The number of imidazole rings is 1. The number of hydrogen-bond donors (Lipinski definition) is 0. The zero-order valence-electron chi connectivity index (χ0n) is 9.35. The summed E-state index contributed by atoms with van der Waals surface area (Å²) >= 11 is 0. The van der Waals surface area contributed by atoms with E-state index in [2.05, 4.69) is 4.98 Å². The minimum absolute atomic E-state index is 0.141. The highest BCUT2D eigenvalue weighted by Crippen LogP contribution is 2.20. The second kappa shape index (κ2) is 4.22. The average molecular weight is 267 g/mol. The number of rotatable bonds is 3. The maximum absolute atomic E-state index is 12.2. The van der Waals surface area contributed by atoms with E-state index in [1.807, 2.05) is 0 Å². The first-order valence-electron chi connectivity index (χ1n) is 4.93. The molecule has 0 spiro atoms. The number of aryl methyl sites for hydroxylation is 1. The molecule has 0 fully saturated rings. The van der Waals surface area contributed by atoms with Gasteiger partial charge in [-0.25, -0.2) is 17.4 Å². The molecule has 0 amide bonds. The zero-order chi connectivity index (χ0) is 13.3. The van der Waals surface area contributed by atoms with Crippen LogP contribution in [0, 0.1) is 17.0 Å². The molecule has 7 nitrogen and oxygen atoms in total. The molecule has 0 aliphatic carbocycles. The lowest BCUT2D eigenvalue weighted by Gasteiger charge is -2.06. The molecule has 0 saturated carbocycles. The summed E-state index contributed by atoms with van der Waals surface area (Å²) in [4.78, 5) is 13.7. The third-order valence-corrected chi connectivity index (χ3v) is 4.12. The Morgan fingerprint density at radius 2 is 2.11 bits per heavy atom. The SMILES string of the molecule is Cc1nccn1S(=O)(=O)c1cccc([N+](=O)[O-])c1. The highest BCUT2D eigenvalue weighted by Gasteiger charge is 2.20. The van der Waals surface area contributed by atoms with Crippen LogP contribution in [-0.4, -0.2) is 22.3 Å². The Kier molecular flexibility index (Phi) is 2.87. The second-order valence-electron chi connectivity index (χ2n) is 3.53. The fraction of sp³-hybridized carbons (Fsp3) is 0.100. The van der Waals surface area contributed by atoms with Gasteiger partial charge in [0.1, 0.15) is 5.82 Å². The minimum atomic E-state index is -3.83. The quantitative estimate of drug-likeness (QED) is 0.617. The van der Waals surface area contributed by atoms with Gasteiger partial charge in [0.05, 0.1) is 9.82 Å². The molecule has 8 heteroatoms. The summed E-state index contributed by atoms with van der Waals surface area (Å²) in [5.41, 5.74) is -0.270. The molecule has 0 bridgehead atoms. The number of benzene rings is 1. The van der Waals surface area contributed by atoms with Crippen molar-refractivity contribution in [1.82, 2.24) is 8.96 Å².